The van der Waals surface area contributed by atoms with Crippen molar-refractivity contribution in [2.24, 2.45) is 0 Å². The van der Waals surface area contributed by atoms with Crippen LogP contribution in [0.3, 0.4) is 0 Å². The first-order valence-electron chi connectivity index (χ1n) is 5.09. The number of sulfonamides is 1. The minimum Gasteiger partial charge on any atom is -0.229 e. The number of hydrogen-bond donors (Lipinski definition) is 0. The summed E-state index contributed by atoms with van der Waals surface area (Å²) in [6.07, 6.45) is 0. The molecule has 0 aliphatic carbocycles. The van der Waals surface area contributed by atoms with Crippen molar-refractivity contribution in [2.75, 3.05) is 24.6 Å². The summed E-state index contributed by atoms with van der Waals surface area (Å²) in [7, 11) is -6.67. The highest BCUT2D eigenvalue weighted by Gasteiger charge is 2.30. The van der Waals surface area contributed by atoms with E-state index in [1.54, 1.807) is 12.1 Å². The lowest BCUT2D eigenvalue weighted by atomic mass is 10.4. The number of rotatable bonds is 2. The summed E-state index contributed by atoms with van der Waals surface area (Å²) in [5, 5.41) is 0. The SMILES string of the molecule is O=S1(=O)CCN(S(=O)(=O)c2[c]cccc2)CC1. The van der Waals surface area contributed by atoms with Crippen LogP contribution in [-0.2, 0) is 19.9 Å². The Morgan fingerprint density at radius 1 is 1.18 bits per heavy atom. The monoisotopic (exact) mass is 274 g/mol. The zero-order chi connectivity index (χ0) is 12.5. The predicted molar refractivity (Wildman–Crippen MR) is 62.7 cm³/mol. The first kappa shape index (κ1) is 12.5. The third-order valence-corrected chi connectivity index (χ3v) is 6.07. The highest BCUT2D eigenvalue weighted by molar-refractivity contribution is 7.92. The van der Waals surface area contributed by atoms with E-state index in [1.807, 2.05) is 0 Å². The Kier molecular flexibility index (Phi) is 3.24. The predicted octanol–water partition coefficient (Wildman–Crippen LogP) is -0.0941. The molecule has 7 heteroatoms. The second-order valence-electron chi connectivity index (χ2n) is 3.78. The molecule has 0 aromatic heterocycles. The van der Waals surface area contributed by atoms with Crippen LogP contribution in [0, 0.1) is 6.07 Å². The lowest BCUT2D eigenvalue weighted by Gasteiger charge is -2.25. The van der Waals surface area contributed by atoms with Crippen LogP contribution in [0.5, 0.6) is 0 Å². The van der Waals surface area contributed by atoms with Gasteiger partial charge >= 0.3 is 0 Å². The number of benzene rings is 1. The van der Waals surface area contributed by atoms with Crippen LogP contribution in [-0.4, -0.2) is 45.7 Å². The maximum Gasteiger partial charge on any atom is 0.243 e. The Hall–Kier alpha value is -0.920. The Bertz CT molecular complexity index is 578. The average Bonchev–Trinajstić information content (AvgIpc) is 2.29. The van der Waals surface area contributed by atoms with E-state index in [-0.39, 0.29) is 29.5 Å². The highest BCUT2D eigenvalue weighted by Crippen LogP contribution is 2.17. The van der Waals surface area contributed by atoms with E-state index in [0.29, 0.717) is 0 Å². The van der Waals surface area contributed by atoms with Gasteiger partial charge in [0.05, 0.1) is 16.4 Å². The first-order valence-corrected chi connectivity index (χ1v) is 8.35. The van der Waals surface area contributed by atoms with Crippen molar-refractivity contribution in [1.82, 2.24) is 4.31 Å². The summed E-state index contributed by atoms with van der Waals surface area (Å²) in [5.41, 5.74) is 0. The van der Waals surface area contributed by atoms with E-state index in [4.69, 9.17) is 0 Å². The molecule has 1 aromatic carbocycles. The fraction of sp³-hybridized carbons (Fsp3) is 0.400. The molecule has 1 aliphatic rings. The minimum atomic E-state index is -3.60. The van der Waals surface area contributed by atoms with Crippen molar-refractivity contribution in [3.05, 3.63) is 30.3 Å². The molecule has 5 nitrogen and oxygen atoms in total. The van der Waals surface area contributed by atoms with E-state index in [1.165, 1.54) is 16.4 Å². The van der Waals surface area contributed by atoms with Crippen molar-refractivity contribution in [3.63, 3.8) is 0 Å². The number of hydrogen-bond acceptors (Lipinski definition) is 4. The Balaban J connectivity index is 2.24. The largest absolute Gasteiger partial charge is 0.243 e. The maximum absolute atomic E-state index is 12.1. The zero-order valence-electron chi connectivity index (χ0n) is 9.03. The third-order valence-electron chi connectivity index (χ3n) is 2.60. The van der Waals surface area contributed by atoms with Gasteiger partial charge in [-0.1, -0.05) is 18.2 Å². The molecule has 17 heavy (non-hydrogen) atoms. The van der Waals surface area contributed by atoms with Gasteiger partial charge in [-0.2, -0.15) is 4.31 Å². The summed E-state index contributed by atoms with van der Waals surface area (Å²) in [6, 6.07) is 8.92. The van der Waals surface area contributed by atoms with Gasteiger partial charge in [-0.05, 0) is 6.07 Å². The van der Waals surface area contributed by atoms with Gasteiger partial charge in [-0.25, -0.2) is 16.8 Å². The fourth-order valence-electron chi connectivity index (χ4n) is 1.61. The van der Waals surface area contributed by atoms with E-state index in [0.717, 1.165) is 0 Å². The van der Waals surface area contributed by atoms with Gasteiger partial charge in [0.15, 0.2) is 9.84 Å². The first-order chi connectivity index (χ1) is 7.92. The molecule has 0 spiro atoms. The normalized spacial score (nSPS) is 21.2. The molecule has 1 radical (unpaired) electrons. The molecule has 1 aromatic rings. The van der Waals surface area contributed by atoms with Crippen molar-refractivity contribution >= 4 is 19.9 Å². The van der Waals surface area contributed by atoms with Crippen LogP contribution in [0.1, 0.15) is 0 Å². The average molecular weight is 274 g/mol. The molecular formula is C10H12NO4S2. The van der Waals surface area contributed by atoms with E-state index in [9.17, 15) is 16.8 Å². The molecule has 0 atom stereocenters. The van der Waals surface area contributed by atoms with Gasteiger partial charge < -0.3 is 0 Å². The van der Waals surface area contributed by atoms with Crippen LogP contribution in [0.25, 0.3) is 0 Å². The molecule has 1 saturated heterocycles. The molecule has 0 N–H and O–H groups in total. The quantitative estimate of drug-likeness (QED) is 0.755. The van der Waals surface area contributed by atoms with Gasteiger partial charge in [-0.15, -0.1) is 0 Å². The molecule has 0 saturated carbocycles. The Morgan fingerprint density at radius 3 is 2.35 bits per heavy atom. The van der Waals surface area contributed by atoms with Crippen molar-refractivity contribution < 1.29 is 16.8 Å². The van der Waals surface area contributed by atoms with E-state index < -0.39 is 19.9 Å². The molecule has 0 bridgehead atoms. The lowest BCUT2D eigenvalue weighted by molar-refractivity contribution is 0.430. The summed E-state index contributed by atoms with van der Waals surface area (Å²) < 4.78 is 47.9. The standard InChI is InChI=1S/C10H12NO4S2/c12-16(13)8-6-11(7-9-16)17(14,15)10-4-2-1-3-5-10/h1-4H,6-9H2. The second kappa shape index (κ2) is 4.40. The van der Waals surface area contributed by atoms with Crippen molar-refractivity contribution in [2.45, 2.75) is 4.90 Å². The van der Waals surface area contributed by atoms with Crippen molar-refractivity contribution in [3.8, 4) is 0 Å². The van der Waals surface area contributed by atoms with Crippen LogP contribution >= 0.6 is 0 Å². The van der Waals surface area contributed by atoms with Crippen LogP contribution in [0.4, 0.5) is 0 Å². The molecular weight excluding hydrogens is 262 g/mol. The third kappa shape index (κ3) is 2.67. The Labute approximate surface area is 101 Å². The summed E-state index contributed by atoms with van der Waals surface area (Å²) in [4.78, 5) is 0.0827. The van der Waals surface area contributed by atoms with Gasteiger partial charge in [0.2, 0.25) is 10.0 Å². The van der Waals surface area contributed by atoms with Crippen LogP contribution < -0.4 is 0 Å². The number of nitrogens with zero attached hydrogens (tertiary/aromatic N) is 1. The molecule has 1 fully saturated rings. The molecule has 1 heterocycles. The summed E-state index contributed by atoms with van der Waals surface area (Å²) >= 11 is 0. The molecule has 0 unspecified atom stereocenters. The lowest BCUT2D eigenvalue weighted by Crippen LogP contribution is -2.43. The molecule has 93 valence electrons. The van der Waals surface area contributed by atoms with Gasteiger partial charge in [0, 0.05) is 19.2 Å². The topological polar surface area (TPSA) is 71.5 Å². The minimum absolute atomic E-state index is 0.0212. The van der Waals surface area contributed by atoms with Crippen LogP contribution in [0.15, 0.2) is 29.2 Å². The maximum atomic E-state index is 12.1. The van der Waals surface area contributed by atoms with Gasteiger partial charge in [0.1, 0.15) is 0 Å². The Morgan fingerprint density at radius 2 is 1.82 bits per heavy atom. The summed E-state index contributed by atoms with van der Waals surface area (Å²) in [6.45, 7) is 0.0425. The molecule has 0 amide bonds. The van der Waals surface area contributed by atoms with Gasteiger partial charge in [-0.3, -0.25) is 0 Å². The summed E-state index contributed by atoms with van der Waals surface area (Å²) in [5.74, 6) is -0.224. The van der Waals surface area contributed by atoms with Crippen LogP contribution in [0.2, 0.25) is 0 Å². The fourth-order valence-corrected chi connectivity index (χ4v) is 4.45. The van der Waals surface area contributed by atoms with Crippen molar-refractivity contribution in [1.29, 1.82) is 0 Å². The number of sulfone groups is 1. The molecule has 2 rings (SSSR count). The molecule has 1 aliphatic heterocycles. The van der Waals surface area contributed by atoms with E-state index in [2.05, 4.69) is 6.07 Å². The highest BCUT2D eigenvalue weighted by atomic mass is 32.2. The smallest absolute Gasteiger partial charge is 0.229 e. The zero-order valence-corrected chi connectivity index (χ0v) is 10.7. The van der Waals surface area contributed by atoms with Gasteiger partial charge in [0.25, 0.3) is 0 Å². The van der Waals surface area contributed by atoms with E-state index >= 15 is 0 Å². The second-order valence-corrected chi connectivity index (χ2v) is 7.99.